The number of ether oxygens (including phenoxy) is 1. The summed E-state index contributed by atoms with van der Waals surface area (Å²) in [7, 11) is 2.06. The first-order chi connectivity index (χ1) is 8.76. The number of para-hydroxylation sites is 1. The van der Waals surface area contributed by atoms with Crippen LogP contribution in [0, 0.1) is 5.92 Å². The highest BCUT2D eigenvalue weighted by Crippen LogP contribution is 2.49. The fraction of sp³-hybridized carbons (Fsp3) is 0.625. The maximum absolute atomic E-state index is 6.40. The maximum atomic E-state index is 6.40. The Kier molecular flexibility index (Phi) is 3.06. The Balaban J connectivity index is 1.90. The van der Waals surface area contributed by atoms with E-state index >= 15 is 0 Å². The minimum Gasteiger partial charge on any atom is -0.487 e. The van der Waals surface area contributed by atoms with Crippen LogP contribution in [0.4, 0.5) is 0 Å². The molecule has 2 nitrogen and oxygen atoms in total. The zero-order chi connectivity index (χ0) is 12.6. The van der Waals surface area contributed by atoms with Crippen LogP contribution in [0.2, 0.25) is 0 Å². The molecule has 0 bridgehead atoms. The molecule has 1 spiro atoms. The molecule has 1 saturated carbocycles. The zero-order valence-electron chi connectivity index (χ0n) is 11.4. The Hall–Kier alpha value is -1.02. The zero-order valence-corrected chi connectivity index (χ0v) is 11.4. The Labute approximate surface area is 110 Å². The molecule has 1 fully saturated rings. The Morgan fingerprint density at radius 1 is 1.33 bits per heavy atom. The fourth-order valence-corrected chi connectivity index (χ4v) is 3.70. The summed E-state index contributed by atoms with van der Waals surface area (Å²) in [6.45, 7) is 2.30. The second-order valence-corrected chi connectivity index (χ2v) is 5.89. The Bertz CT molecular complexity index is 431. The van der Waals surface area contributed by atoms with E-state index in [1.807, 2.05) is 0 Å². The van der Waals surface area contributed by atoms with Crippen molar-refractivity contribution >= 4 is 0 Å². The van der Waals surface area contributed by atoms with Gasteiger partial charge in [0.1, 0.15) is 11.4 Å². The smallest absolute Gasteiger partial charge is 0.124 e. The third-order valence-electron chi connectivity index (χ3n) is 4.79. The summed E-state index contributed by atoms with van der Waals surface area (Å²) in [5.74, 6) is 1.95. The summed E-state index contributed by atoms with van der Waals surface area (Å²) in [4.78, 5) is 0. The van der Waals surface area contributed by atoms with Gasteiger partial charge in [-0.05, 0) is 38.3 Å². The molecule has 2 heteroatoms. The summed E-state index contributed by atoms with van der Waals surface area (Å²) >= 11 is 0. The summed E-state index contributed by atoms with van der Waals surface area (Å²) in [5, 5.41) is 3.46. The molecule has 1 aromatic rings. The number of benzene rings is 1. The summed E-state index contributed by atoms with van der Waals surface area (Å²) in [6.07, 6.45) is 6.19. The monoisotopic (exact) mass is 245 g/mol. The van der Waals surface area contributed by atoms with Gasteiger partial charge >= 0.3 is 0 Å². The molecule has 1 heterocycles. The van der Waals surface area contributed by atoms with Crippen LogP contribution in [0.3, 0.4) is 0 Å². The van der Waals surface area contributed by atoms with Crippen molar-refractivity contribution in [2.45, 2.75) is 50.7 Å². The van der Waals surface area contributed by atoms with Gasteiger partial charge in [-0.1, -0.05) is 31.5 Å². The van der Waals surface area contributed by atoms with Crippen LogP contribution in [0.15, 0.2) is 24.3 Å². The lowest BCUT2D eigenvalue weighted by molar-refractivity contribution is 0.0339. The van der Waals surface area contributed by atoms with Gasteiger partial charge in [-0.25, -0.2) is 0 Å². The molecule has 1 aromatic carbocycles. The van der Waals surface area contributed by atoms with Gasteiger partial charge in [0, 0.05) is 18.0 Å². The lowest BCUT2D eigenvalue weighted by Gasteiger charge is -2.40. The third-order valence-corrected chi connectivity index (χ3v) is 4.79. The van der Waals surface area contributed by atoms with E-state index in [9.17, 15) is 0 Å². The highest BCUT2D eigenvalue weighted by atomic mass is 16.5. The highest BCUT2D eigenvalue weighted by Gasteiger charge is 2.45. The summed E-state index contributed by atoms with van der Waals surface area (Å²) < 4.78 is 6.40. The molecule has 3 atom stereocenters. The first-order valence-electron chi connectivity index (χ1n) is 7.21. The number of rotatable bonds is 2. The van der Waals surface area contributed by atoms with Gasteiger partial charge < -0.3 is 10.1 Å². The SMILES string of the molecule is CCC1CCC2(C1)CC(NC)c1ccccc1O2. The molecule has 1 aliphatic carbocycles. The van der Waals surface area contributed by atoms with Gasteiger partial charge in [-0.2, -0.15) is 0 Å². The first kappa shape index (κ1) is 12.0. The van der Waals surface area contributed by atoms with Crippen LogP contribution in [-0.2, 0) is 0 Å². The molecule has 3 unspecified atom stereocenters. The molecule has 0 saturated heterocycles. The predicted molar refractivity (Wildman–Crippen MR) is 73.9 cm³/mol. The van der Waals surface area contributed by atoms with Gasteiger partial charge in [0.25, 0.3) is 0 Å². The first-order valence-corrected chi connectivity index (χ1v) is 7.21. The van der Waals surface area contributed by atoms with Gasteiger partial charge in [0.2, 0.25) is 0 Å². The van der Waals surface area contributed by atoms with Crippen LogP contribution in [0.25, 0.3) is 0 Å². The van der Waals surface area contributed by atoms with E-state index in [1.54, 1.807) is 0 Å². The third kappa shape index (κ3) is 1.93. The van der Waals surface area contributed by atoms with Crippen molar-refractivity contribution in [3.63, 3.8) is 0 Å². The number of nitrogens with one attached hydrogen (secondary N) is 1. The molecular formula is C16H23NO. The minimum absolute atomic E-state index is 0.0999. The topological polar surface area (TPSA) is 21.3 Å². The van der Waals surface area contributed by atoms with Gasteiger partial charge in [0.15, 0.2) is 0 Å². The van der Waals surface area contributed by atoms with E-state index in [-0.39, 0.29) is 5.60 Å². The molecular weight excluding hydrogens is 222 g/mol. The van der Waals surface area contributed by atoms with Crippen molar-refractivity contribution in [1.82, 2.24) is 5.32 Å². The second kappa shape index (κ2) is 4.58. The van der Waals surface area contributed by atoms with Crippen molar-refractivity contribution in [1.29, 1.82) is 0 Å². The van der Waals surface area contributed by atoms with Crippen molar-refractivity contribution in [2.24, 2.45) is 5.92 Å². The number of hydrogen-bond donors (Lipinski definition) is 1. The van der Waals surface area contributed by atoms with E-state index in [2.05, 4.69) is 43.6 Å². The molecule has 18 heavy (non-hydrogen) atoms. The van der Waals surface area contributed by atoms with E-state index < -0.39 is 0 Å². The van der Waals surface area contributed by atoms with Crippen LogP contribution >= 0.6 is 0 Å². The quantitative estimate of drug-likeness (QED) is 0.858. The Morgan fingerprint density at radius 3 is 2.89 bits per heavy atom. The van der Waals surface area contributed by atoms with E-state index in [0.717, 1.165) is 18.1 Å². The standard InChI is InChI=1S/C16H23NO/c1-3-12-8-9-16(10-12)11-14(17-2)13-6-4-5-7-15(13)18-16/h4-7,12,14,17H,3,8-11H2,1-2H3. The molecule has 1 N–H and O–H groups in total. The van der Waals surface area contributed by atoms with Gasteiger partial charge in [-0.15, -0.1) is 0 Å². The molecule has 0 radical (unpaired) electrons. The maximum Gasteiger partial charge on any atom is 0.124 e. The summed E-state index contributed by atoms with van der Waals surface area (Å²) in [5.41, 5.74) is 1.42. The van der Waals surface area contributed by atoms with E-state index in [4.69, 9.17) is 4.74 Å². The molecule has 0 aromatic heterocycles. The van der Waals surface area contributed by atoms with Crippen molar-refractivity contribution < 1.29 is 4.74 Å². The molecule has 0 amide bonds. The number of hydrogen-bond acceptors (Lipinski definition) is 2. The van der Waals surface area contributed by atoms with Crippen LogP contribution in [-0.4, -0.2) is 12.6 Å². The van der Waals surface area contributed by atoms with E-state index in [1.165, 1.54) is 31.2 Å². The molecule has 2 aliphatic rings. The van der Waals surface area contributed by atoms with Crippen LogP contribution < -0.4 is 10.1 Å². The van der Waals surface area contributed by atoms with Crippen molar-refractivity contribution in [3.05, 3.63) is 29.8 Å². The minimum atomic E-state index is 0.0999. The van der Waals surface area contributed by atoms with Gasteiger partial charge in [0.05, 0.1) is 0 Å². The molecule has 1 aliphatic heterocycles. The largest absolute Gasteiger partial charge is 0.487 e. The van der Waals surface area contributed by atoms with Crippen molar-refractivity contribution in [2.75, 3.05) is 7.05 Å². The Morgan fingerprint density at radius 2 is 2.17 bits per heavy atom. The van der Waals surface area contributed by atoms with Crippen LogP contribution in [0.5, 0.6) is 5.75 Å². The fourth-order valence-electron chi connectivity index (χ4n) is 3.70. The number of fused-ring (bicyclic) bond motifs is 1. The average Bonchev–Trinajstić information content (AvgIpc) is 2.80. The second-order valence-electron chi connectivity index (χ2n) is 5.89. The normalized spacial score (nSPS) is 34.3. The van der Waals surface area contributed by atoms with Gasteiger partial charge in [-0.3, -0.25) is 0 Å². The lowest BCUT2D eigenvalue weighted by Crippen LogP contribution is -2.41. The molecule has 3 rings (SSSR count). The predicted octanol–water partition coefficient (Wildman–Crippen LogP) is 3.68. The highest BCUT2D eigenvalue weighted by molar-refractivity contribution is 5.39. The molecule has 98 valence electrons. The van der Waals surface area contributed by atoms with Crippen LogP contribution in [0.1, 0.15) is 50.6 Å². The van der Waals surface area contributed by atoms with Crippen molar-refractivity contribution in [3.8, 4) is 5.75 Å². The lowest BCUT2D eigenvalue weighted by atomic mass is 9.85. The van der Waals surface area contributed by atoms with E-state index in [0.29, 0.717) is 6.04 Å². The summed E-state index contributed by atoms with van der Waals surface area (Å²) in [6, 6.07) is 8.95. The average molecular weight is 245 g/mol.